The highest BCUT2D eigenvalue weighted by Crippen LogP contribution is 2.17. The van der Waals surface area contributed by atoms with Gasteiger partial charge in [-0.05, 0) is 25.3 Å². The average molecular weight is 253 g/mol. The first-order chi connectivity index (χ1) is 8.54. The molecular weight excluding hydrogens is 234 g/mol. The van der Waals surface area contributed by atoms with Crippen LogP contribution in [0.3, 0.4) is 0 Å². The van der Waals surface area contributed by atoms with Crippen molar-refractivity contribution >= 4 is 5.82 Å². The summed E-state index contributed by atoms with van der Waals surface area (Å²) in [7, 11) is 3.02. The Kier molecular flexibility index (Phi) is 3.51. The zero-order valence-electron chi connectivity index (χ0n) is 10.8. The Labute approximate surface area is 105 Å². The summed E-state index contributed by atoms with van der Waals surface area (Å²) in [5, 5.41) is 4.08. The predicted octanol–water partition coefficient (Wildman–Crippen LogP) is -1.35. The number of hydrogen-bond donors (Lipinski definition) is 1. The third kappa shape index (κ3) is 2.17. The maximum absolute atomic E-state index is 12.1. The van der Waals surface area contributed by atoms with Gasteiger partial charge in [0.25, 0.3) is 5.56 Å². The van der Waals surface area contributed by atoms with Gasteiger partial charge in [0.2, 0.25) is 5.82 Å². The molecule has 1 saturated heterocycles. The lowest BCUT2D eigenvalue weighted by Crippen LogP contribution is -2.46. The molecule has 7 nitrogen and oxygen atoms in total. The van der Waals surface area contributed by atoms with Gasteiger partial charge >= 0.3 is 5.69 Å². The maximum atomic E-state index is 12.1. The Hall–Kier alpha value is -1.63. The summed E-state index contributed by atoms with van der Waals surface area (Å²) in [5.41, 5.74) is 4.94. The number of nitrogens with two attached hydrogens (primary N) is 1. The van der Waals surface area contributed by atoms with Crippen molar-refractivity contribution in [3.05, 3.63) is 20.8 Å². The Bertz CT molecular complexity index is 547. The highest BCUT2D eigenvalue weighted by Gasteiger charge is 2.23. The summed E-state index contributed by atoms with van der Waals surface area (Å²) in [6.07, 6.45) is 2.08. The van der Waals surface area contributed by atoms with Gasteiger partial charge in [0.1, 0.15) is 0 Å². The SMILES string of the molecule is Cn1nc(N2CCCC(CN)C2)c(=O)n(C)c1=O. The standard InChI is InChI=1S/C11H19N5O2/c1-14-10(17)9(13-15(2)11(14)18)16-5-3-4-8(6-12)7-16/h8H,3-7,12H2,1-2H3. The van der Waals surface area contributed by atoms with Crippen molar-refractivity contribution in [2.75, 3.05) is 24.5 Å². The monoisotopic (exact) mass is 253 g/mol. The van der Waals surface area contributed by atoms with Gasteiger partial charge in [-0.15, -0.1) is 5.10 Å². The number of aromatic nitrogens is 3. The highest BCUT2D eigenvalue weighted by molar-refractivity contribution is 5.35. The summed E-state index contributed by atoms with van der Waals surface area (Å²) in [4.78, 5) is 25.6. The van der Waals surface area contributed by atoms with Crippen molar-refractivity contribution in [2.45, 2.75) is 12.8 Å². The Morgan fingerprint density at radius 3 is 2.78 bits per heavy atom. The first-order valence-electron chi connectivity index (χ1n) is 6.14. The van der Waals surface area contributed by atoms with Crippen LogP contribution in [0.15, 0.2) is 9.59 Å². The van der Waals surface area contributed by atoms with Gasteiger partial charge in [0.15, 0.2) is 0 Å². The molecule has 1 aliphatic heterocycles. The van der Waals surface area contributed by atoms with Crippen LogP contribution in [-0.2, 0) is 14.1 Å². The molecule has 100 valence electrons. The van der Waals surface area contributed by atoms with Gasteiger partial charge in [0, 0.05) is 27.2 Å². The molecule has 18 heavy (non-hydrogen) atoms. The van der Waals surface area contributed by atoms with E-state index in [0.717, 1.165) is 30.5 Å². The molecule has 0 spiro atoms. The second-order valence-electron chi connectivity index (χ2n) is 4.78. The zero-order valence-corrected chi connectivity index (χ0v) is 10.8. The lowest BCUT2D eigenvalue weighted by molar-refractivity contribution is 0.416. The molecule has 1 unspecified atom stereocenters. The van der Waals surface area contributed by atoms with Crippen molar-refractivity contribution in [1.82, 2.24) is 14.3 Å². The van der Waals surface area contributed by atoms with Crippen LogP contribution < -0.4 is 21.9 Å². The molecule has 0 aliphatic carbocycles. The van der Waals surface area contributed by atoms with Crippen LogP contribution in [0.4, 0.5) is 5.82 Å². The van der Waals surface area contributed by atoms with Crippen molar-refractivity contribution in [3.63, 3.8) is 0 Å². The summed E-state index contributed by atoms with van der Waals surface area (Å²) in [6.45, 7) is 2.14. The van der Waals surface area contributed by atoms with E-state index in [1.165, 1.54) is 11.7 Å². The third-order valence-corrected chi connectivity index (χ3v) is 3.46. The van der Waals surface area contributed by atoms with Crippen LogP contribution in [-0.4, -0.2) is 34.0 Å². The molecule has 0 amide bonds. The van der Waals surface area contributed by atoms with Crippen molar-refractivity contribution in [1.29, 1.82) is 0 Å². The van der Waals surface area contributed by atoms with E-state index in [1.54, 1.807) is 7.05 Å². The van der Waals surface area contributed by atoms with Gasteiger partial charge in [-0.25, -0.2) is 9.48 Å². The van der Waals surface area contributed by atoms with E-state index in [4.69, 9.17) is 5.73 Å². The van der Waals surface area contributed by atoms with E-state index in [2.05, 4.69) is 5.10 Å². The number of nitrogens with zero attached hydrogens (tertiary/aromatic N) is 4. The number of anilines is 1. The first-order valence-corrected chi connectivity index (χ1v) is 6.14. The molecule has 2 heterocycles. The minimum absolute atomic E-state index is 0.337. The Morgan fingerprint density at radius 2 is 2.11 bits per heavy atom. The van der Waals surface area contributed by atoms with E-state index < -0.39 is 5.69 Å². The minimum Gasteiger partial charge on any atom is -0.350 e. The van der Waals surface area contributed by atoms with E-state index in [1.807, 2.05) is 4.90 Å². The second-order valence-corrected chi connectivity index (χ2v) is 4.78. The summed E-state index contributed by atoms with van der Waals surface area (Å²) in [5.74, 6) is 0.736. The molecule has 0 bridgehead atoms. The summed E-state index contributed by atoms with van der Waals surface area (Å²) < 4.78 is 2.29. The van der Waals surface area contributed by atoms with E-state index in [-0.39, 0.29) is 5.56 Å². The highest BCUT2D eigenvalue weighted by atomic mass is 16.2. The quantitative estimate of drug-likeness (QED) is 0.704. The fourth-order valence-corrected chi connectivity index (χ4v) is 2.33. The van der Waals surface area contributed by atoms with Crippen LogP contribution in [0.5, 0.6) is 0 Å². The lowest BCUT2D eigenvalue weighted by atomic mass is 9.98. The molecule has 7 heteroatoms. The zero-order chi connectivity index (χ0) is 13.3. The van der Waals surface area contributed by atoms with Gasteiger partial charge in [-0.1, -0.05) is 0 Å². The first kappa shape index (κ1) is 12.8. The van der Waals surface area contributed by atoms with Crippen LogP contribution in [0.2, 0.25) is 0 Å². The summed E-state index contributed by atoms with van der Waals surface area (Å²) >= 11 is 0. The fraction of sp³-hybridized carbons (Fsp3) is 0.727. The van der Waals surface area contributed by atoms with Gasteiger partial charge in [0.05, 0.1) is 0 Å². The average Bonchev–Trinajstić information content (AvgIpc) is 2.40. The Balaban J connectivity index is 2.39. The predicted molar refractivity (Wildman–Crippen MR) is 68.7 cm³/mol. The molecular formula is C11H19N5O2. The van der Waals surface area contributed by atoms with Crippen LogP contribution >= 0.6 is 0 Å². The van der Waals surface area contributed by atoms with Gasteiger partial charge in [-0.2, -0.15) is 0 Å². The van der Waals surface area contributed by atoms with Crippen LogP contribution in [0, 0.1) is 5.92 Å². The van der Waals surface area contributed by atoms with Crippen LogP contribution in [0.1, 0.15) is 12.8 Å². The van der Waals surface area contributed by atoms with E-state index in [9.17, 15) is 9.59 Å². The molecule has 0 aromatic carbocycles. The van der Waals surface area contributed by atoms with Gasteiger partial charge in [-0.3, -0.25) is 9.36 Å². The lowest BCUT2D eigenvalue weighted by Gasteiger charge is -2.32. The molecule has 1 aromatic heterocycles. The topological polar surface area (TPSA) is 86.2 Å². The largest absolute Gasteiger partial charge is 0.350 e. The molecule has 0 radical (unpaired) electrons. The van der Waals surface area contributed by atoms with E-state index >= 15 is 0 Å². The minimum atomic E-state index is -0.406. The molecule has 1 fully saturated rings. The number of hydrogen-bond acceptors (Lipinski definition) is 5. The number of rotatable bonds is 2. The normalized spacial score (nSPS) is 20.2. The third-order valence-electron chi connectivity index (χ3n) is 3.46. The van der Waals surface area contributed by atoms with Crippen molar-refractivity contribution in [3.8, 4) is 0 Å². The van der Waals surface area contributed by atoms with Gasteiger partial charge < -0.3 is 10.6 Å². The summed E-state index contributed by atoms with van der Waals surface area (Å²) in [6, 6.07) is 0. The molecule has 1 aromatic rings. The van der Waals surface area contributed by atoms with E-state index in [0.29, 0.717) is 18.3 Å². The smallest absolute Gasteiger partial charge is 0.346 e. The molecule has 1 atom stereocenters. The van der Waals surface area contributed by atoms with Crippen molar-refractivity contribution < 1.29 is 0 Å². The molecule has 2 N–H and O–H groups in total. The fourth-order valence-electron chi connectivity index (χ4n) is 2.33. The Morgan fingerprint density at radius 1 is 1.39 bits per heavy atom. The maximum Gasteiger partial charge on any atom is 0.346 e. The molecule has 1 aliphatic rings. The second kappa shape index (κ2) is 4.93. The number of aryl methyl sites for hydroxylation is 1. The number of piperidine rings is 1. The molecule has 0 saturated carbocycles. The molecule has 2 rings (SSSR count). The van der Waals surface area contributed by atoms with Crippen molar-refractivity contribution in [2.24, 2.45) is 25.7 Å². The van der Waals surface area contributed by atoms with Crippen LogP contribution in [0.25, 0.3) is 0 Å².